The molecule has 1 fully saturated rings. The highest BCUT2D eigenvalue weighted by molar-refractivity contribution is 7.91. The molecule has 0 aromatic heterocycles. The van der Waals surface area contributed by atoms with Gasteiger partial charge in [-0.25, -0.2) is 8.42 Å². The molecule has 19 heavy (non-hydrogen) atoms. The third kappa shape index (κ3) is 2.68. The van der Waals surface area contributed by atoms with Gasteiger partial charge in [0.25, 0.3) is 0 Å². The molecular formula is C14H20O4S. The van der Waals surface area contributed by atoms with Crippen LogP contribution in [0.5, 0.6) is 0 Å². The lowest BCUT2D eigenvalue weighted by atomic mass is 9.71. The Balaban J connectivity index is 2.40. The fourth-order valence-electron chi connectivity index (χ4n) is 2.84. The van der Waals surface area contributed by atoms with Gasteiger partial charge in [0.05, 0.1) is 24.7 Å². The molecular weight excluding hydrogens is 264 g/mol. The minimum absolute atomic E-state index is 0.0436. The van der Waals surface area contributed by atoms with Crippen LogP contribution in [0.3, 0.4) is 0 Å². The second-order valence-corrected chi connectivity index (χ2v) is 7.67. The first kappa shape index (κ1) is 14.5. The Hall–Kier alpha value is -0.910. The molecule has 5 heteroatoms. The normalized spacial score (nSPS) is 22.6. The van der Waals surface area contributed by atoms with Gasteiger partial charge in [0.15, 0.2) is 9.84 Å². The fraction of sp³-hybridized carbons (Fsp3) is 0.571. The Morgan fingerprint density at radius 1 is 1.21 bits per heavy atom. The number of aryl methyl sites for hydroxylation is 1. The van der Waals surface area contributed by atoms with E-state index in [9.17, 15) is 18.6 Å². The van der Waals surface area contributed by atoms with Gasteiger partial charge in [-0.15, -0.1) is 0 Å². The Kier molecular flexibility index (Phi) is 3.99. The quantitative estimate of drug-likeness (QED) is 0.851. The average molecular weight is 284 g/mol. The van der Waals surface area contributed by atoms with Crippen LogP contribution in [0, 0.1) is 12.8 Å². The number of aliphatic hydroxyl groups excluding tert-OH is 2. The number of rotatable bonds is 4. The summed E-state index contributed by atoms with van der Waals surface area (Å²) in [6.45, 7) is 1.48. The van der Waals surface area contributed by atoms with Crippen molar-refractivity contribution in [1.82, 2.24) is 0 Å². The predicted octanol–water partition coefficient (Wildman–Crippen LogP) is 0.652. The predicted molar refractivity (Wildman–Crippen MR) is 73.8 cm³/mol. The summed E-state index contributed by atoms with van der Waals surface area (Å²) >= 11 is 0. The zero-order chi connectivity index (χ0) is 14.1. The Labute approximate surface area is 114 Å². The van der Waals surface area contributed by atoms with Crippen LogP contribution in [0.15, 0.2) is 24.3 Å². The summed E-state index contributed by atoms with van der Waals surface area (Å²) in [6, 6.07) is 7.57. The molecule has 0 spiro atoms. The summed E-state index contributed by atoms with van der Waals surface area (Å²) in [5.41, 5.74) is 1.04. The molecule has 1 atom stereocenters. The number of benzene rings is 1. The third-order valence-electron chi connectivity index (χ3n) is 4.20. The van der Waals surface area contributed by atoms with Crippen LogP contribution >= 0.6 is 0 Å². The molecule has 0 saturated carbocycles. The van der Waals surface area contributed by atoms with Crippen molar-refractivity contribution in [2.75, 3.05) is 24.7 Å². The van der Waals surface area contributed by atoms with Crippen molar-refractivity contribution in [2.24, 2.45) is 5.92 Å². The molecule has 0 bridgehead atoms. The van der Waals surface area contributed by atoms with E-state index in [0.29, 0.717) is 6.42 Å². The van der Waals surface area contributed by atoms with Crippen LogP contribution in [0.2, 0.25) is 0 Å². The Morgan fingerprint density at radius 3 is 2.21 bits per heavy atom. The van der Waals surface area contributed by atoms with Gasteiger partial charge in [-0.2, -0.15) is 0 Å². The molecule has 2 rings (SSSR count). The molecule has 1 heterocycles. The molecule has 2 N–H and O–H groups in total. The SMILES string of the molecule is Cc1ccc(C(CO)(CO)C2CCS(=O)(=O)C2)cc1. The molecule has 0 amide bonds. The zero-order valence-corrected chi connectivity index (χ0v) is 11.9. The van der Waals surface area contributed by atoms with E-state index in [1.54, 1.807) is 0 Å². The van der Waals surface area contributed by atoms with Crippen molar-refractivity contribution >= 4 is 9.84 Å². The van der Waals surface area contributed by atoms with Gasteiger partial charge in [0.1, 0.15) is 0 Å². The van der Waals surface area contributed by atoms with E-state index in [1.807, 2.05) is 31.2 Å². The van der Waals surface area contributed by atoms with Gasteiger partial charge in [-0.3, -0.25) is 0 Å². The van der Waals surface area contributed by atoms with Crippen molar-refractivity contribution in [3.05, 3.63) is 35.4 Å². The summed E-state index contributed by atoms with van der Waals surface area (Å²) in [7, 11) is -3.04. The van der Waals surface area contributed by atoms with Crippen LogP contribution in [0.1, 0.15) is 17.5 Å². The average Bonchev–Trinajstić information content (AvgIpc) is 2.74. The highest BCUT2D eigenvalue weighted by Gasteiger charge is 2.45. The number of hydrogen-bond acceptors (Lipinski definition) is 4. The second-order valence-electron chi connectivity index (χ2n) is 5.44. The maximum Gasteiger partial charge on any atom is 0.150 e. The highest BCUT2D eigenvalue weighted by atomic mass is 32.2. The zero-order valence-electron chi connectivity index (χ0n) is 11.0. The molecule has 4 nitrogen and oxygen atoms in total. The standard InChI is InChI=1S/C14H20O4S/c1-11-2-4-12(5-3-11)14(9-15,10-16)13-6-7-19(17,18)8-13/h2-5,13,15-16H,6-10H2,1H3. The third-order valence-corrected chi connectivity index (χ3v) is 5.97. The molecule has 0 radical (unpaired) electrons. The Bertz CT molecular complexity index is 529. The van der Waals surface area contributed by atoms with Crippen LogP contribution < -0.4 is 0 Å². The van der Waals surface area contributed by atoms with Crippen molar-refractivity contribution in [3.8, 4) is 0 Å². The van der Waals surface area contributed by atoms with E-state index in [4.69, 9.17) is 0 Å². The fourth-order valence-corrected chi connectivity index (χ4v) is 4.75. The smallest absolute Gasteiger partial charge is 0.150 e. The van der Waals surface area contributed by atoms with E-state index in [-0.39, 0.29) is 30.6 Å². The molecule has 1 unspecified atom stereocenters. The molecule has 1 aromatic carbocycles. The van der Waals surface area contributed by atoms with E-state index in [2.05, 4.69) is 0 Å². The van der Waals surface area contributed by atoms with E-state index in [0.717, 1.165) is 11.1 Å². The van der Waals surface area contributed by atoms with Crippen LogP contribution in [0.25, 0.3) is 0 Å². The van der Waals surface area contributed by atoms with Gasteiger partial charge >= 0.3 is 0 Å². The second kappa shape index (κ2) is 5.23. The summed E-state index contributed by atoms with van der Waals surface area (Å²) in [6.07, 6.45) is 0.497. The summed E-state index contributed by atoms with van der Waals surface area (Å²) < 4.78 is 23.3. The summed E-state index contributed by atoms with van der Waals surface area (Å²) in [5, 5.41) is 19.6. The number of hydrogen-bond donors (Lipinski definition) is 2. The van der Waals surface area contributed by atoms with Crippen LogP contribution in [-0.4, -0.2) is 43.4 Å². The topological polar surface area (TPSA) is 74.6 Å². The van der Waals surface area contributed by atoms with Crippen LogP contribution in [-0.2, 0) is 15.3 Å². The Morgan fingerprint density at radius 2 is 1.79 bits per heavy atom. The minimum Gasteiger partial charge on any atom is -0.395 e. The minimum atomic E-state index is -3.04. The van der Waals surface area contributed by atoms with E-state index >= 15 is 0 Å². The molecule has 1 aliphatic heterocycles. The van der Waals surface area contributed by atoms with E-state index in [1.165, 1.54) is 0 Å². The van der Waals surface area contributed by atoms with Gasteiger partial charge in [0.2, 0.25) is 0 Å². The maximum atomic E-state index is 11.6. The van der Waals surface area contributed by atoms with Crippen molar-refractivity contribution < 1.29 is 18.6 Å². The van der Waals surface area contributed by atoms with Crippen molar-refractivity contribution in [2.45, 2.75) is 18.8 Å². The first-order valence-corrected chi connectivity index (χ1v) is 8.25. The lowest BCUT2D eigenvalue weighted by molar-refractivity contribution is 0.0774. The number of sulfone groups is 1. The molecule has 106 valence electrons. The molecule has 1 saturated heterocycles. The van der Waals surface area contributed by atoms with Crippen molar-refractivity contribution in [1.29, 1.82) is 0 Å². The highest BCUT2D eigenvalue weighted by Crippen LogP contribution is 2.38. The van der Waals surface area contributed by atoms with Crippen LogP contribution in [0.4, 0.5) is 0 Å². The van der Waals surface area contributed by atoms with Gasteiger partial charge in [0, 0.05) is 5.41 Å². The maximum absolute atomic E-state index is 11.6. The van der Waals surface area contributed by atoms with Gasteiger partial charge in [-0.05, 0) is 24.8 Å². The molecule has 1 aromatic rings. The lowest BCUT2D eigenvalue weighted by Gasteiger charge is -2.36. The summed E-state index contributed by atoms with van der Waals surface area (Å²) in [4.78, 5) is 0. The number of aliphatic hydroxyl groups is 2. The van der Waals surface area contributed by atoms with E-state index < -0.39 is 15.3 Å². The van der Waals surface area contributed by atoms with Gasteiger partial charge in [-0.1, -0.05) is 29.8 Å². The first-order valence-electron chi connectivity index (χ1n) is 6.43. The monoisotopic (exact) mass is 284 g/mol. The van der Waals surface area contributed by atoms with Gasteiger partial charge < -0.3 is 10.2 Å². The lowest BCUT2D eigenvalue weighted by Crippen LogP contribution is -2.43. The van der Waals surface area contributed by atoms with Crippen molar-refractivity contribution in [3.63, 3.8) is 0 Å². The molecule has 0 aliphatic carbocycles. The summed E-state index contributed by atoms with van der Waals surface area (Å²) in [5.74, 6) is -0.0389. The first-order chi connectivity index (χ1) is 8.93. The molecule has 1 aliphatic rings. The largest absolute Gasteiger partial charge is 0.395 e.